The third-order valence-corrected chi connectivity index (χ3v) is 2.27. The van der Waals surface area contributed by atoms with Gasteiger partial charge in [-0.3, -0.25) is 5.32 Å². The van der Waals surface area contributed by atoms with Crippen molar-refractivity contribution in [1.29, 1.82) is 0 Å². The quantitative estimate of drug-likeness (QED) is 0.825. The van der Waals surface area contributed by atoms with Crippen molar-refractivity contribution in [3.05, 3.63) is 28.7 Å². The zero-order valence-corrected chi connectivity index (χ0v) is 11.0. The van der Waals surface area contributed by atoms with Gasteiger partial charge in [0.15, 0.2) is 5.11 Å². The van der Waals surface area contributed by atoms with Gasteiger partial charge in [0.1, 0.15) is 0 Å². The number of carbonyl (C=O) groups is 1. The number of ether oxygens (including phenoxy) is 1. The first-order valence-electron chi connectivity index (χ1n) is 4.62. The average molecular weight is 303 g/mol. The van der Waals surface area contributed by atoms with Crippen molar-refractivity contribution in [3.63, 3.8) is 0 Å². The third kappa shape index (κ3) is 4.59. The second-order valence-corrected chi connectivity index (χ2v) is 4.13. The van der Waals surface area contributed by atoms with E-state index in [0.717, 1.165) is 10.2 Å². The van der Waals surface area contributed by atoms with Crippen LogP contribution in [0.3, 0.4) is 0 Å². The number of thiocarbonyl (C=S) groups is 1. The van der Waals surface area contributed by atoms with Crippen LogP contribution in [-0.4, -0.2) is 17.8 Å². The molecule has 0 bridgehead atoms. The summed E-state index contributed by atoms with van der Waals surface area (Å²) in [7, 11) is 0. The summed E-state index contributed by atoms with van der Waals surface area (Å²) in [6.45, 7) is 2.04. The summed E-state index contributed by atoms with van der Waals surface area (Å²) in [6, 6.07) is 7.44. The van der Waals surface area contributed by atoms with Crippen LogP contribution in [0, 0.1) is 0 Å². The lowest BCUT2D eigenvalue weighted by molar-refractivity contribution is 0.158. The lowest BCUT2D eigenvalue weighted by Crippen LogP contribution is -2.34. The first kappa shape index (κ1) is 12.9. The summed E-state index contributed by atoms with van der Waals surface area (Å²) in [5, 5.41) is 5.46. The van der Waals surface area contributed by atoms with E-state index in [0.29, 0.717) is 6.61 Å². The molecule has 1 aromatic rings. The molecule has 0 aromatic heterocycles. The van der Waals surface area contributed by atoms with Crippen molar-refractivity contribution in [3.8, 4) is 0 Å². The molecule has 86 valence electrons. The fourth-order valence-corrected chi connectivity index (χ4v) is 1.59. The maximum atomic E-state index is 11.0. The Labute approximate surface area is 107 Å². The molecule has 0 heterocycles. The predicted molar refractivity (Wildman–Crippen MR) is 70.5 cm³/mol. The van der Waals surface area contributed by atoms with Crippen LogP contribution in [0.25, 0.3) is 0 Å². The van der Waals surface area contributed by atoms with Crippen LogP contribution in [0.5, 0.6) is 0 Å². The van der Waals surface area contributed by atoms with E-state index in [1.165, 1.54) is 0 Å². The SMILES string of the molecule is CCOC(=O)NC(=S)Nc1cccc(Br)c1. The largest absolute Gasteiger partial charge is 0.450 e. The van der Waals surface area contributed by atoms with Crippen molar-refractivity contribution in [2.24, 2.45) is 0 Å². The molecule has 0 aliphatic heterocycles. The molecule has 6 heteroatoms. The van der Waals surface area contributed by atoms with E-state index >= 15 is 0 Å². The Morgan fingerprint density at radius 1 is 1.56 bits per heavy atom. The van der Waals surface area contributed by atoms with E-state index < -0.39 is 6.09 Å². The van der Waals surface area contributed by atoms with Gasteiger partial charge in [0, 0.05) is 10.2 Å². The van der Waals surface area contributed by atoms with Crippen molar-refractivity contribution in [2.75, 3.05) is 11.9 Å². The fraction of sp³-hybridized carbons (Fsp3) is 0.200. The summed E-state index contributed by atoms with van der Waals surface area (Å²) < 4.78 is 5.61. The second-order valence-electron chi connectivity index (χ2n) is 2.81. The highest BCUT2D eigenvalue weighted by atomic mass is 79.9. The summed E-state index contributed by atoms with van der Waals surface area (Å²) in [4.78, 5) is 11.0. The highest BCUT2D eigenvalue weighted by Gasteiger charge is 2.04. The average Bonchev–Trinajstić information content (AvgIpc) is 2.17. The number of benzene rings is 1. The monoisotopic (exact) mass is 302 g/mol. The Hall–Kier alpha value is -1.14. The molecule has 0 unspecified atom stereocenters. The third-order valence-electron chi connectivity index (χ3n) is 1.57. The molecule has 1 aromatic carbocycles. The van der Waals surface area contributed by atoms with Crippen LogP contribution < -0.4 is 10.6 Å². The lowest BCUT2D eigenvalue weighted by atomic mass is 10.3. The van der Waals surface area contributed by atoms with Gasteiger partial charge in [-0.2, -0.15) is 0 Å². The lowest BCUT2D eigenvalue weighted by Gasteiger charge is -2.09. The number of amides is 1. The van der Waals surface area contributed by atoms with Gasteiger partial charge in [0.25, 0.3) is 0 Å². The zero-order chi connectivity index (χ0) is 12.0. The standard InChI is InChI=1S/C10H11BrN2O2S/c1-2-15-10(14)13-9(16)12-8-5-3-4-7(11)6-8/h3-6H,2H2,1H3,(H2,12,13,14,16). The Morgan fingerprint density at radius 3 is 2.94 bits per heavy atom. The minimum Gasteiger partial charge on any atom is -0.450 e. The summed E-state index contributed by atoms with van der Waals surface area (Å²) in [6.07, 6.45) is -0.560. The number of anilines is 1. The first-order valence-corrected chi connectivity index (χ1v) is 5.82. The van der Waals surface area contributed by atoms with Crippen LogP contribution in [0.1, 0.15) is 6.92 Å². The van der Waals surface area contributed by atoms with Crippen molar-refractivity contribution in [1.82, 2.24) is 5.32 Å². The van der Waals surface area contributed by atoms with Crippen molar-refractivity contribution in [2.45, 2.75) is 6.92 Å². The number of nitrogens with one attached hydrogen (secondary N) is 2. The molecule has 0 atom stereocenters. The molecule has 0 fully saturated rings. The van der Waals surface area contributed by atoms with Gasteiger partial charge in [0.2, 0.25) is 0 Å². The van der Waals surface area contributed by atoms with E-state index in [4.69, 9.17) is 12.2 Å². The number of alkyl carbamates (subject to hydrolysis) is 1. The van der Waals surface area contributed by atoms with Crippen LogP contribution in [0.2, 0.25) is 0 Å². The molecule has 1 rings (SSSR count). The van der Waals surface area contributed by atoms with E-state index in [1.54, 1.807) is 6.92 Å². The normalized spacial score (nSPS) is 9.38. The molecule has 0 saturated carbocycles. The summed E-state index contributed by atoms with van der Waals surface area (Å²) in [5.74, 6) is 0. The molecule has 0 saturated heterocycles. The molecule has 1 amide bonds. The van der Waals surface area contributed by atoms with E-state index in [9.17, 15) is 4.79 Å². The van der Waals surface area contributed by atoms with Crippen LogP contribution in [-0.2, 0) is 4.74 Å². The van der Waals surface area contributed by atoms with Gasteiger partial charge < -0.3 is 10.1 Å². The van der Waals surface area contributed by atoms with Gasteiger partial charge in [-0.1, -0.05) is 22.0 Å². The van der Waals surface area contributed by atoms with Gasteiger partial charge in [-0.25, -0.2) is 4.79 Å². The fourth-order valence-electron chi connectivity index (χ4n) is 0.988. The van der Waals surface area contributed by atoms with Crippen LogP contribution in [0.15, 0.2) is 28.7 Å². The second kappa shape index (κ2) is 6.44. The van der Waals surface area contributed by atoms with Crippen LogP contribution in [0.4, 0.5) is 10.5 Å². The topological polar surface area (TPSA) is 50.4 Å². The van der Waals surface area contributed by atoms with E-state index in [-0.39, 0.29) is 5.11 Å². The Morgan fingerprint density at radius 2 is 2.31 bits per heavy atom. The first-order chi connectivity index (χ1) is 7.61. The Kier molecular flexibility index (Phi) is 5.21. The van der Waals surface area contributed by atoms with Gasteiger partial charge in [0.05, 0.1) is 6.61 Å². The number of carbonyl (C=O) groups excluding carboxylic acids is 1. The Bertz CT molecular complexity index is 398. The summed E-state index contributed by atoms with van der Waals surface area (Å²) in [5.41, 5.74) is 0.788. The minimum atomic E-state index is -0.560. The molecule has 0 aliphatic carbocycles. The van der Waals surface area contributed by atoms with Crippen LogP contribution >= 0.6 is 28.1 Å². The number of hydrogen-bond donors (Lipinski definition) is 2. The van der Waals surface area contributed by atoms with E-state index in [2.05, 4.69) is 31.3 Å². The smallest absolute Gasteiger partial charge is 0.413 e. The highest BCUT2D eigenvalue weighted by molar-refractivity contribution is 9.10. The molecule has 0 aliphatic rings. The highest BCUT2D eigenvalue weighted by Crippen LogP contribution is 2.15. The molecular weight excluding hydrogens is 292 g/mol. The van der Waals surface area contributed by atoms with Crippen molar-refractivity contribution >= 4 is 45.0 Å². The molecular formula is C10H11BrN2O2S. The Balaban J connectivity index is 2.48. The van der Waals surface area contributed by atoms with Gasteiger partial charge in [-0.05, 0) is 37.3 Å². The number of rotatable bonds is 2. The number of halogens is 1. The molecule has 0 spiro atoms. The maximum Gasteiger partial charge on any atom is 0.413 e. The molecule has 0 radical (unpaired) electrons. The van der Waals surface area contributed by atoms with E-state index in [1.807, 2.05) is 24.3 Å². The minimum absolute atomic E-state index is 0.205. The molecule has 4 nitrogen and oxygen atoms in total. The predicted octanol–water partition coefficient (Wildman–Crippen LogP) is 2.89. The van der Waals surface area contributed by atoms with Crippen molar-refractivity contribution < 1.29 is 9.53 Å². The molecule has 2 N–H and O–H groups in total. The van der Waals surface area contributed by atoms with Gasteiger partial charge >= 0.3 is 6.09 Å². The number of hydrogen-bond acceptors (Lipinski definition) is 3. The molecule has 16 heavy (non-hydrogen) atoms. The maximum absolute atomic E-state index is 11.0. The van der Waals surface area contributed by atoms with Gasteiger partial charge in [-0.15, -0.1) is 0 Å². The zero-order valence-electron chi connectivity index (χ0n) is 8.62. The summed E-state index contributed by atoms with van der Waals surface area (Å²) >= 11 is 8.26.